The van der Waals surface area contributed by atoms with Crippen LogP contribution in [0.25, 0.3) is 0 Å². The van der Waals surface area contributed by atoms with Crippen LogP contribution in [0.5, 0.6) is 0 Å². The molecule has 1 aromatic rings. The van der Waals surface area contributed by atoms with Gasteiger partial charge in [-0.3, -0.25) is 5.01 Å². The second-order valence-electron chi connectivity index (χ2n) is 2.38. The van der Waals surface area contributed by atoms with Gasteiger partial charge in [0, 0.05) is 6.42 Å². The van der Waals surface area contributed by atoms with Crippen molar-refractivity contribution in [1.29, 1.82) is 0 Å². The fourth-order valence-corrected chi connectivity index (χ4v) is 0.802. The number of rotatable bonds is 3. The average molecular weight is 180 g/mol. The SMILES string of the molecule is CCc1ncc(N(N)/C=N\N)cn1. The van der Waals surface area contributed by atoms with Gasteiger partial charge in [0.05, 0.1) is 18.1 Å². The first-order valence-corrected chi connectivity index (χ1v) is 3.86. The summed E-state index contributed by atoms with van der Waals surface area (Å²) in [6.07, 6.45) is 5.32. The summed E-state index contributed by atoms with van der Waals surface area (Å²) in [6, 6.07) is 0. The van der Waals surface area contributed by atoms with E-state index in [1.54, 1.807) is 12.4 Å². The molecular weight excluding hydrogens is 168 g/mol. The molecule has 1 rings (SSSR count). The lowest BCUT2D eigenvalue weighted by Crippen LogP contribution is -2.29. The Morgan fingerprint density at radius 2 is 2.15 bits per heavy atom. The van der Waals surface area contributed by atoms with Crippen molar-refractivity contribution in [3.05, 3.63) is 18.2 Å². The van der Waals surface area contributed by atoms with Gasteiger partial charge < -0.3 is 5.84 Å². The Balaban J connectivity index is 2.79. The first-order chi connectivity index (χ1) is 6.27. The van der Waals surface area contributed by atoms with E-state index >= 15 is 0 Å². The molecule has 0 radical (unpaired) electrons. The van der Waals surface area contributed by atoms with E-state index in [1.807, 2.05) is 6.92 Å². The molecule has 6 nitrogen and oxygen atoms in total. The van der Waals surface area contributed by atoms with Crippen LogP contribution < -0.4 is 16.7 Å². The van der Waals surface area contributed by atoms with Crippen LogP contribution in [0.15, 0.2) is 17.5 Å². The largest absolute Gasteiger partial charge is 0.322 e. The second-order valence-corrected chi connectivity index (χ2v) is 2.38. The number of aryl methyl sites for hydroxylation is 1. The summed E-state index contributed by atoms with van der Waals surface area (Å²) in [7, 11) is 0. The Morgan fingerprint density at radius 1 is 1.54 bits per heavy atom. The van der Waals surface area contributed by atoms with E-state index in [1.165, 1.54) is 11.3 Å². The average Bonchev–Trinajstić information content (AvgIpc) is 2.18. The number of anilines is 1. The first kappa shape index (κ1) is 9.40. The lowest BCUT2D eigenvalue weighted by molar-refractivity contribution is 0.930. The van der Waals surface area contributed by atoms with Gasteiger partial charge in [-0.2, -0.15) is 5.10 Å². The molecule has 0 aliphatic rings. The maximum Gasteiger partial charge on any atom is 0.129 e. The van der Waals surface area contributed by atoms with Crippen LogP contribution in [0.1, 0.15) is 12.7 Å². The van der Waals surface area contributed by atoms with Crippen LogP contribution in [-0.2, 0) is 6.42 Å². The molecule has 1 heterocycles. The molecule has 0 atom stereocenters. The van der Waals surface area contributed by atoms with Crippen LogP contribution in [0.4, 0.5) is 5.69 Å². The molecule has 6 heteroatoms. The van der Waals surface area contributed by atoms with E-state index in [0.717, 1.165) is 12.2 Å². The van der Waals surface area contributed by atoms with Crippen LogP contribution >= 0.6 is 0 Å². The van der Waals surface area contributed by atoms with Gasteiger partial charge in [0.1, 0.15) is 12.2 Å². The van der Waals surface area contributed by atoms with Crippen molar-refractivity contribution in [1.82, 2.24) is 9.97 Å². The van der Waals surface area contributed by atoms with E-state index < -0.39 is 0 Å². The fourth-order valence-electron chi connectivity index (χ4n) is 0.802. The normalized spacial score (nSPS) is 10.6. The summed E-state index contributed by atoms with van der Waals surface area (Å²) in [6.45, 7) is 1.98. The van der Waals surface area contributed by atoms with Gasteiger partial charge in [-0.15, -0.1) is 0 Å². The molecule has 70 valence electrons. The van der Waals surface area contributed by atoms with E-state index in [4.69, 9.17) is 11.7 Å². The molecule has 0 aromatic carbocycles. The fraction of sp³-hybridized carbons (Fsp3) is 0.286. The third-order valence-corrected chi connectivity index (χ3v) is 1.50. The molecule has 0 unspecified atom stereocenters. The maximum absolute atomic E-state index is 5.52. The van der Waals surface area contributed by atoms with E-state index in [0.29, 0.717) is 5.69 Å². The molecule has 0 saturated carbocycles. The molecule has 0 amide bonds. The number of hydrogen-bond acceptors (Lipinski definition) is 5. The van der Waals surface area contributed by atoms with Gasteiger partial charge in [0.2, 0.25) is 0 Å². The third kappa shape index (κ3) is 2.38. The zero-order chi connectivity index (χ0) is 9.68. The number of hydrazone groups is 1. The minimum atomic E-state index is 0.645. The predicted octanol–water partition coefficient (Wildman–Crippen LogP) is -0.379. The van der Waals surface area contributed by atoms with Crippen molar-refractivity contribution >= 4 is 12.0 Å². The zero-order valence-electron chi connectivity index (χ0n) is 7.38. The lowest BCUT2D eigenvalue weighted by atomic mass is 10.4. The standard InChI is InChI=1S/C7H12N6/c1-2-7-10-3-6(4-11-7)13(9)5-12-8/h3-5H,2,8-9H2,1H3/b12-5-. The summed E-state index contributed by atoms with van der Waals surface area (Å²) in [5.41, 5.74) is 0.645. The Hall–Kier alpha value is -1.69. The minimum Gasteiger partial charge on any atom is -0.322 e. The Bertz CT molecular complexity index is 280. The molecule has 0 bridgehead atoms. The van der Waals surface area contributed by atoms with E-state index in [-0.39, 0.29) is 0 Å². The summed E-state index contributed by atoms with van der Waals surface area (Å²) < 4.78 is 0. The van der Waals surface area contributed by atoms with Crippen molar-refractivity contribution in [2.24, 2.45) is 16.8 Å². The molecule has 0 aliphatic heterocycles. The number of hydrazine groups is 1. The molecule has 0 spiro atoms. The highest BCUT2D eigenvalue weighted by Gasteiger charge is 1.99. The third-order valence-electron chi connectivity index (χ3n) is 1.50. The quantitative estimate of drug-likeness (QED) is 0.286. The van der Waals surface area contributed by atoms with Crippen molar-refractivity contribution in [2.75, 3.05) is 5.01 Å². The van der Waals surface area contributed by atoms with Crippen molar-refractivity contribution in [2.45, 2.75) is 13.3 Å². The van der Waals surface area contributed by atoms with Crippen LogP contribution in [0.3, 0.4) is 0 Å². The smallest absolute Gasteiger partial charge is 0.129 e. The first-order valence-electron chi connectivity index (χ1n) is 3.86. The van der Waals surface area contributed by atoms with Crippen molar-refractivity contribution in [3.63, 3.8) is 0 Å². The van der Waals surface area contributed by atoms with Gasteiger partial charge in [0.15, 0.2) is 0 Å². The Labute approximate surface area is 76.2 Å². The number of nitrogens with two attached hydrogens (primary N) is 2. The molecule has 0 saturated heterocycles. The van der Waals surface area contributed by atoms with E-state index in [2.05, 4.69) is 15.1 Å². The highest BCUT2D eigenvalue weighted by molar-refractivity contribution is 5.76. The summed E-state index contributed by atoms with van der Waals surface area (Å²) >= 11 is 0. The van der Waals surface area contributed by atoms with Gasteiger partial charge in [-0.1, -0.05) is 6.92 Å². The molecule has 0 aliphatic carbocycles. The van der Waals surface area contributed by atoms with Crippen molar-refractivity contribution in [3.8, 4) is 0 Å². The topological polar surface area (TPSA) is 93.4 Å². The Kier molecular flexibility index (Phi) is 3.15. The van der Waals surface area contributed by atoms with Crippen LogP contribution in [0.2, 0.25) is 0 Å². The maximum atomic E-state index is 5.52. The highest BCUT2D eigenvalue weighted by Crippen LogP contribution is 2.05. The number of aromatic nitrogens is 2. The molecule has 4 N–H and O–H groups in total. The van der Waals surface area contributed by atoms with Gasteiger partial charge in [-0.05, 0) is 0 Å². The number of nitrogens with zero attached hydrogens (tertiary/aromatic N) is 4. The monoisotopic (exact) mass is 180 g/mol. The summed E-state index contributed by atoms with van der Waals surface area (Å²) in [5, 5.41) is 4.52. The molecule has 0 fully saturated rings. The predicted molar refractivity (Wildman–Crippen MR) is 50.8 cm³/mol. The minimum absolute atomic E-state index is 0.645. The van der Waals surface area contributed by atoms with Crippen LogP contribution in [-0.4, -0.2) is 16.3 Å². The Morgan fingerprint density at radius 3 is 2.62 bits per heavy atom. The summed E-state index contributed by atoms with van der Waals surface area (Å²) in [4.78, 5) is 8.13. The highest BCUT2D eigenvalue weighted by atomic mass is 15.4. The van der Waals surface area contributed by atoms with Crippen LogP contribution in [0, 0.1) is 0 Å². The van der Waals surface area contributed by atoms with Crippen molar-refractivity contribution < 1.29 is 0 Å². The molecule has 1 aromatic heterocycles. The molecule has 13 heavy (non-hydrogen) atoms. The lowest BCUT2D eigenvalue weighted by Gasteiger charge is -2.10. The van der Waals surface area contributed by atoms with E-state index in [9.17, 15) is 0 Å². The van der Waals surface area contributed by atoms with Gasteiger partial charge in [-0.25, -0.2) is 15.8 Å². The zero-order valence-corrected chi connectivity index (χ0v) is 7.38. The second kappa shape index (κ2) is 4.36. The summed E-state index contributed by atoms with van der Waals surface area (Å²) in [5.74, 6) is 11.2. The van der Waals surface area contributed by atoms with Gasteiger partial charge >= 0.3 is 0 Å². The number of hydrogen-bond donors (Lipinski definition) is 2. The molecular formula is C7H12N6. The van der Waals surface area contributed by atoms with Gasteiger partial charge in [0.25, 0.3) is 0 Å².